The molecule has 8 nitrogen and oxygen atoms in total. The minimum Gasteiger partial charge on any atom is -0.496 e. The van der Waals surface area contributed by atoms with Crippen LogP contribution in [0.5, 0.6) is 11.5 Å². The standard InChI is InChI=1S/C14H9Cl2N3O.C11H9BrO.C3Cl3N3/c1-20-11-7-6-10(8-4-2-3-5-9(8)11)12-17-13(15)19-14(16)18-12;1-13-11-7-6-10(12)8-4-2-3-5-9(8)11;4-1-7-2(5)9-3(6)8-1/h2-7H,1H3;2-7H,1H3;. The van der Waals surface area contributed by atoms with Crippen LogP contribution in [0.4, 0.5) is 0 Å². The van der Waals surface area contributed by atoms with Gasteiger partial charge in [0.15, 0.2) is 5.82 Å². The lowest BCUT2D eigenvalue weighted by molar-refractivity contribution is 0.419. The average Bonchev–Trinajstić information content (AvgIpc) is 2.96. The Morgan fingerprint density at radius 1 is 0.476 bits per heavy atom. The SMILES string of the molecule is COc1ccc(-c2nc(Cl)nc(Cl)n2)c2ccccc12.COc1ccc(Br)c2ccccc12.Clc1nc(Cl)nc(Cl)n1. The van der Waals surface area contributed by atoms with Gasteiger partial charge in [-0.2, -0.15) is 29.9 Å². The summed E-state index contributed by atoms with van der Waals surface area (Å²) in [4.78, 5) is 22.4. The number of methoxy groups -OCH3 is 2. The van der Waals surface area contributed by atoms with Crippen LogP contribution in [-0.2, 0) is 0 Å². The molecule has 0 N–H and O–H groups in total. The molecule has 2 heterocycles. The van der Waals surface area contributed by atoms with Gasteiger partial charge in [-0.05, 0) is 93.0 Å². The molecule has 0 aliphatic carbocycles. The van der Waals surface area contributed by atoms with Crippen molar-refractivity contribution in [3.05, 3.63) is 104 Å². The lowest BCUT2D eigenvalue weighted by Crippen LogP contribution is -1.95. The van der Waals surface area contributed by atoms with Crippen LogP contribution in [0.15, 0.2) is 77.3 Å². The van der Waals surface area contributed by atoms with Crippen LogP contribution in [0, 0.1) is 0 Å². The first-order valence-corrected chi connectivity index (χ1v) is 14.5. The van der Waals surface area contributed by atoms with E-state index in [1.54, 1.807) is 14.2 Å². The van der Waals surface area contributed by atoms with Crippen molar-refractivity contribution in [3.63, 3.8) is 0 Å². The van der Waals surface area contributed by atoms with Gasteiger partial charge in [-0.25, -0.2) is 0 Å². The molecule has 0 bridgehead atoms. The van der Waals surface area contributed by atoms with Gasteiger partial charge < -0.3 is 9.47 Å². The third-order valence-electron chi connectivity index (χ3n) is 5.53. The fourth-order valence-corrected chi connectivity index (χ4v) is 5.26. The lowest BCUT2D eigenvalue weighted by Gasteiger charge is -2.09. The quantitative estimate of drug-likeness (QED) is 0.178. The lowest BCUT2D eigenvalue weighted by atomic mass is 10.0. The molecular formula is C28H18BrCl5N6O2. The molecule has 0 aliphatic rings. The molecule has 6 rings (SSSR count). The van der Waals surface area contributed by atoms with E-state index in [9.17, 15) is 0 Å². The van der Waals surface area contributed by atoms with E-state index in [1.165, 1.54) is 5.39 Å². The number of halogens is 6. The van der Waals surface area contributed by atoms with E-state index in [2.05, 4.69) is 58.0 Å². The number of fused-ring (bicyclic) bond motifs is 2. The maximum atomic E-state index is 5.84. The summed E-state index contributed by atoms with van der Waals surface area (Å²) in [6.45, 7) is 0. The fourth-order valence-electron chi connectivity index (χ4n) is 3.81. The molecule has 214 valence electrons. The third-order valence-corrected chi connectivity index (χ3v) is 7.07. The monoisotopic (exact) mass is 724 g/mol. The first kappa shape index (κ1) is 31.9. The Labute approximate surface area is 274 Å². The molecular weight excluding hydrogens is 710 g/mol. The van der Waals surface area contributed by atoms with Gasteiger partial charge in [0.25, 0.3) is 0 Å². The van der Waals surface area contributed by atoms with E-state index in [4.69, 9.17) is 67.5 Å². The molecule has 0 saturated carbocycles. The zero-order chi connectivity index (χ0) is 30.2. The number of ether oxygens (including phenoxy) is 2. The highest BCUT2D eigenvalue weighted by molar-refractivity contribution is 9.10. The van der Waals surface area contributed by atoms with Gasteiger partial charge in [0.2, 0.25) is 26.4 Å². The first-order chi connectivity index (χ1) is 20.2. The molecule has 0 aliphatic heterocycles. The molecule has 42 heavy (non-hydrogen) atoms. The van der Waals surface area contributed by atoms with Crippen molar-refractivity contribution in [2.75, 3.05) is 14.2 Å². The van der Waals surface area contributed by atoms with Crippen molar-refractivity contribution in [2.24, 2.45) is 0 Å². The molecule has 6 aromatic rings. The van der Waals surface area contributed by atoms with Crippen LogP contribution >= 0.6 is 73.9 Å². The highest BCUT2D eigenvalue weighted by atomic mass is 79.9. The molecule has 0 atom stereocenters. The van der Waals surface area contributed by atoms with Crippen LogP contribution in [0.25, 0.3) is 32.9 Å². The Kier molecular flexibility index (Phi) is 11.3. The van der Waals surface area contributed by atoms with Crippen molar-refractivity contribution < 1.29 is 9.47 Å². The fraction of sp³-hybridized carbons (Fsp3) is 0.0714. The number of hydrogen-bond donors (Lipinski definition) is 0. The first-order valence-electron chi connectivity index (χ1n) is 11.8. The minimum atomic E-state index is 0.000000000000000444. The van der Waals surface area contributed by atoms with Crippen molar-refractivity contribution in [1.29, 1.82) is 0 Å². The van der Waals surface area contributed by atoms with Crippen molar-refractivity contribution in [2.45, 2.75) is 0 Å². The largest absolute Gasteiger partial charge is 0.496 e. The van der Waals surface area contributed by atoms with E-state index in [1.807, 2.05) is 60.7 Å². The van der Waals surface area contributed by atoms with Crippen LogP contribution in [0.1, 0.15) is 0 Å². The molecule has 0 spiro atoms. The number of hydrogen-bond acceptors (Lipinski definition) is 8. The predicted molar refractivity (Wildman–Crippen MR) is 172 cm³/mol. The van der Waals surface area contributed by atoms with Crippen LogP contribution in [-0.4, -0.2) is 44.1 Å². The Balaban J connectivity index is 0.000000158. The maximum absolute atomic E-state index is 5.84. The van der Waals surface area contributed by atoms with E-state index in [0.29, 0.717) is 5.82 Å². The second kappa shape index (κ2) is 14.9. The second-order valence-electron chi connectivity index (χ2n) is 8.00. The Hall–Kier alpha value is -3.05. The zero-order valence-corrected chi connectivity index (χ0v) is 27.1. The summed E-state index contributed by atoms with van der Waals surface area (Å²) in [6.07, 6.45) is 0. The van der Waals surface area contributed by atoms with Gasteiger partial charge in [-0.1, -0.05) is 64.5 Å². The molecule has 0 unspecified atom stereocenters. The van der Waals surface area contributed by atoms with Gasteiger partial charge in [0.05, 0.1) is 14.2 Å². The zero-order valence-electron chi connectivity index (χ0n) is 21.7. The van der Waals surface area contributed by atoms with Crippen LogP contribution in [0.2, 0.25) is 26.4 Å². The maximum Gasteiger partial charge on any atom is 0.227 e. The van der Waals surface area contributed by atoms with E-state index < -0.39 is 0 Å². The molecule has 0 amide bonds. The Bertz CT molecular complexity index is 1790. The number of rotatable bonds is 3. The van der Waals surface area contributed by atoms with E-state index >= 15 is 0 Å². The second-order valence-corrected chi connectivity index (χ2v) is 10.5. The van der Waals surface area contributed by atoms with Crippen molar-refractivity contribution >= 4 is 95.5 Å². The third kappa shape index (κ3) is 8.06. The highest BCUT2D eigenvalue weighted by Gasteiger charge is 2.12. The number of aromatic nitrogens is 6. The van der Waals surface area contributed by atoms with Gasteiger partial charge in [-0.15, -0.1) is 0 Å². The topological polar surface area (TPSA) is 95.8 Å². The number of nitrogens with zero attached hydrogens (tertiary/aromatic N) is 6. The Morgan fingerprint density at radius 3 is 1.33 bits per heavy atom. The molecule has 0 radical (unpaired) electrons. The summed E-state index contributed by atoms with van der Waals surface area (Å²) in [6, 6.07) is 23.7. The predicted octanol–water partition coefficient (Wildman–Crippen LogP) is 9.45. The number of benzene rings is 4. The van der Waals surface area contributed by atoms with Crippen molar-refractivity contribution in [1.82, 2.24) is 29.9 Å². The smallest absolute Gasteiger partial charge is 0.227 e. The molecule has 2 aromatic heterocycles. The summed E-state index contributed by atoms with van der Waals surface area (Å²) in [5.41, 5.74) is 0.826. The Morgan fingerprint density at radius 2 is 0.857 bits per heavy atom. The van der Waals surface area contributed by atoms with Gasteiger partial charge in [0, 0.05) is 20.8 Å². The van der Waals surface area contributed by atoms with Crippen LogP contribution < -0.4 is 9.47 Å². The van der Waals surface area contributed by atoms with Gasteiger partial charge >= 0.3 is 0 Å². The van der Waals surface area contributed by atoms with E-state index in [-0.39, 0.29) is 26.4 Å². The summed E-state index contributed by atoms with van der Waals surface area (Å²) in [5, 5.41) is 4.39. The highest BCUT2D eigenvalue weighted by Crippen LogP contribution is 2.33. The molecule has 4 aromatic carbocycles. The summed E-state index contributed by atoms with van der Waals surface area (Å²) in [7, 11) is 3.33. The molecule has 0 saturated heterocycles. The van der Waals surface area contributed by atoms with Gasteiger partial charge in [0.1, 0.15) is 11.5 Å². The summed E-state index contributed by atoms with van der Waals surface area (Å²) >= 11 is 31.1. The minimum absolute atomic E-state index is 0.000000000000000444. The van der Waals surface area contributed by atoms with Crippen LogP contribution in [0.3, 0.4) is 0 Å². The molecule has 0 fully saturated rings. The normalized spacial score (nSPS) is 10.4. The summed E-state index contributed by atoms with van der Waals surface area (Å²) < 4.78 is 11.7. The van der Waals surface area contributed by atoms with Gasteiger partial charge in [-0.3, -0.25) is 0 Å². The summed E-state index contributed by atoms with van der Waals surface area (Å²) in [5.74, 6) is 2.14. The average molecular weight is 728 g/mol. The molecule has 14 heteroatoms. The van der Waals surface area contributed by atoms with Crippen molar-refractivity contribution in [3.8, 4) is 22.9 Å². The van der Waals surface area contributed by atoms with E-state index in [0.717, 1.165) is 37.7 Å².